The van der Waals surface area contributed by atoms with Crippen LogP contribution >= 0.6 is 0 Å². The lowest BCUT2D eigenvalue weighted by Crippen LogP contribution is -2.55. The van der Waals surface area contributed by atoms with Crippen molar-refractivity contribution in [3.63, 3.8) is 0 Å². The lowest BCUT2D eigenvalue weighted by molar-refractivity contribution is -0.140. The third-order valence-electron chi connectivity index (χ3n) is 5.46. The molecule has 0 aromatic heterocycles. The molecule has 1 fully saturated rings. The highest BCUT2D eigenvalue weighted by atomic mass is 16.2. The average Bonchev–Trinajstić information content (AvgIpc) is 3.26. The second kappa shape index (κ2) is 14.1. The topological polar surface area (TPSA) is 206 Å². The number of carbonyl (C=O) groups is 6. The van der Waals surface area contributed by atoms with Crippen LogP contribution in [0.15, 0.2) is 0 Å². The monoisotopic (exact) mass is 483 g/mol. The predicted octanol–water partition coefficient (Wildman–Crippen LogP) is -2.78. The molecule has 1 aliphatic rings. The van der Waals surface area contributed by atoms with E-state index in [1.54, 1.807) is 0 Å². The number of amides is 6. The van der Waals surface area contributed by atoms with E-state index in [9.17, 15) is 28.8 Å². The quantitative estimate of drug-likeness (QED) is 0.152. The third-order valence-corrected chi connectivity index (χ3v) is 5.46. The fourth-order valence-electron chi connectivity index (χ4n) is 3.58. The SMILES string of the molecule is CC(=O)N[C@@H](C)C(=O)NCC(=O)N1CCC[C@H]1C(=O)N[C@@H](C)C(=O)N[C@@H](CCCCN)C(N)=O. The van der Waals surface area contributed by atoms with Crippen LogP contribution < -0.4 is 32.7 Å². The van der Waals surface area contributed by atoms with Gasteiger partial charge in [0.1, 0.15) is 24.2 Å². The number of rotatable bonds is 13. The van der Waals surface area contributed by atoms with Crippen LogP contribution in [0.25, 0.3) is 0 Å². The Labute approximate surface area is 199 Å². The molecular weight excluding hydrogens is 446 g/mol. The van der Waals surface area contributed by atoms with E-state index in [-0.39, 0.29) is 12.5 Å². The molecule has 13 heteroatoms. The summed E-state index contributed by atoms with van der Waals surface area (Å²) in [4.78, 5) is 73.8. The molecular formula is C21H37N7O6. The van der Waals surface area contributed by atoms with Gasteiger partial charge in [0.05, 0.1) is 6.54 Å². The van der Waals surface area contributed by atoms with Gasteiger partial charge < -0.3 is 37.6 Å². The van der Waals surface area contributed by atoms with Gasteiger partial charge in [-0.05, 0) is 52.5 Å². The van der Waals surface area contributed by atoms with Gasteiger partial charge in [-0.1, -0.05) is 0 Å². The van der Waals surface area contributed by atoms with Crippen LogP contribution in [0.3, 0.4) is 0 Å². The van der Waals surface area contributed by atoms with E-state index in [2.05, 4.69) is 21.3 Å². The van der Waals surface area contributed by atoms with E-state index < -0.39 is 53.7 Å². The predicted molar refractivity (Wildman–Crippen MR) is 123 cm³/mol. The van der Waals surface area contributed by atoms with Gasteiger partial charge in [0.15, 0.2) is 0 Å². The van der Waals surface area contributed by atoms with Crippen LogP contribution in [-0.2, 0) is 28.8 Å². The van der Waals surface area contributed by atoms with Crippen molar-refractivity contribution < 1.29 is 28.8 Å². The van der Waals surface area contributed by atoms with Crippen LogP contribution in [0.5, 0.6) is 0 Å². The van der Waals surface area contributed by atoms with E-state index >= 15 is 0 Å². The summed E-state index contributed by atoms with van der Waals surface area (Å²) in [7, 11) is 0. The van der Waals surface area contributed by atoms with E-state index in [1.807, 2.05) is 0 Å². The van der Waals surface area contributed by atoms with Gasteiger partial charge in [-0.2, -0.15) is 0 Å². The molecule has 6 amide bonds. The van der Waals surface area contributed by atoms with Crippen molar-refractivity contribution in [1.29, 1.82) is 0 Å². The number of hydrogen-bond donors (Lipinski definition) is 6. The molecule has 192 valence electrons. The fourth-order valence-corrected chi connectivity index (χ4v) is 3.58. The Morgan fingerprint density at radius 2 is 1.62 bits per heavy atom. The van der Waals surface area contributed by atoms with Crippen molar-refractivity contribution in [3.8, 4) is 0 Å². The number of nitrogens with two attached hydrogens (primary N) is 2. The Hall–Kier alpha value is -3.22. The molecule has 0 bridgehead atoms. The zero-order chi connectivity index (χ0) is 25.8. The number of nitrogens with one attached hydrogen (secondary N) is 4. The van der Waals surface area contributed by atoms with Gasteiger partial charge in [-0.15, -0.1) is 0 Å². The molecule has 13 nitrogen and oxygen atoms in total. The summed E-state index contributed by atoms with van der Waals surface area (Å²) >= 11 is 0. The Morgan fingerprint density at radius 3 is 2.21 bits per heavy atom. The molecule has 0 radical (unpaired) electrons. The van der Waals surface area contributed by atoms with Crippen molar-refractivity contribution in [2.24, 2.45) is 11.5 Å². The van der Waals surface area contributed by atoms with Crippen LogP contribution in [-0.4, -0.2) is 84.1 Å². The molecule has 4 atom stereocenters. The van der Waals surface area contributed by atoms with Crippen molar-refractivity contribution in [2.45, 2.75) is 77.0 Å². The Balaban J connectivity index is 2.61. The minimum atomic E-state index is -0.959. The normalized spacial score (nSPS) is 17.8. The first-order valence-corrected chi connectivity index (χ1v) is 11.4. The molecule has 0 aromatic rings. The first kappa shape index (κ1) is 28.8. The molecule has 8 N–H and O–H groups in total. The summed E-state index contributed by atoms with van der Waals surface area (Å²) in [5.74, 6) is -3.10. The van der Waals surface area contributed by atoms with Gasteiger partial charge >= 0.3 is 0 Å². The van der Waals surface area contributed by atoms with Gasteiger partial charge in [-0.25, -0.2) is 0 Å². The highest BCUT2D eigenvalue weighted by Gasteiger charge is 2.35. The summed E-state index contributed by atoms with van der Waals surface area (Å²) in [5.41, 5.74) is 10.8. The summed E-state index contributed by atoms with van der Waals surface area (Å²) in [6.07, 6.45) is 2.64. The van der Waals surface area contributed by atoms with E-state index in [0.29, 0.717) is 45.2 Å². The molecule has 0 unspecified atom stereocenters. The van der Waals surface area contributed by atoms with Gasteiger partial charge in [0.25, 0.3) is 0 Å². The minimum absolute atomic E-state index is 0.328. The van der Waals surface area contributed by atoms with Crippen molar-refractivity contribution in [1.82, 2.24) is 26.2 Å². The van der Waals surface area contributed by atoms with Crippen molar-refractivity contribution in [3.05, 3.63) is 0 Å². The zero-order valence-electron chi connectivity index (χ0n) is 20.0. The van der Waals surface area contributed by atoms with E-state index in [0.717, 1.165) is 0 Å². The second-order valence-electron chi connectivity index (χ2n) is 8.36. The molecule has 1 rings (SSSR count). The maximum absolute atomic E-state index is 12.7. The highest BCUT2D eigenvalue weighted by molar-refractivity contribution is 5.95. The average molecular weight is 484 g/mol. The van der Waals surface area contributed by atoms with Crippen LogP contribution in [0, 0.1) is 0 Å². The molecule has 1 aliphatic heterocycles. The molecule has 0 saturated carbocycles. The lowest BCUT2D eigenvalue weighted by atomic mass is 10.1. The van der Waals surface area contributed by atoms with Crippen molar-refractivity contribution in [2.75, 3.05) is 19.6 Å². The number of nitrogens with zero attached hydrogens (tertiary/aromatic N) is 1. The van der Waals surface area contributed by atoms with Crippen LogP contribution in [0.2, 0.25) is 0 Å². The lowest BCUT2D eigenvalue weighted by Gasteiger charge is -2.26. The largest absolute Gasteiger partial charge is 0.368 e. The standard InChI is InChI=1S/C21H37N7O6/c1-12(25-14(3)29)19(32)24-11-17(30)28-10-6-8-16(28)21(34)26-13(2)20(33)27-15(18(23)31)7-4-5-9-22/h12-13,15-16H,4-11,22H2,1-3H3,(H2,23,31)(H,24,32)(H,25,29)(H,26,34)(H,27,33)/t12-,13-,15-,16-/m0/s1. The number of primary amides is 1. The summed E-state index contributed by atoms with van der Waals surface area (Å²) < 4.78 is 0. The van der Waals surface area contributed by atoms with Crippen LogP contribution in [0.1, 0.15) is 52.9 Å². The number of likely N-dealkylation sites (tertiary alicyclic amines) is 1. The van der Waals surface area contributed by atoms with Crippen LogP contribution in [0.4, 0.5) is 0 Å². The second-order valence-corrected chi connectivity index (χ2v) is 8.36. The van der Waals surface area contributed by atoms with Gasteiger partial charge in [-0.3, -0.25) is 28.8 Å². The molecule has 0 aliphatic carbocycles. The number of carbonyl (C=O) groups excluding carboxylic acids is 6. The summed E-state index contributed by atoms with van der Waals surface area (Å²) in [6.45, 7) is 4.70. The first-order chi connectivity index (χ1) is 16.0. The first-order valence-electron chi connectivity index (χ1n) is 11.4. The Morgan fingerprint density at radius 1 is 0.971 bits per heavy atom. The summed E-state index contributed by atoms with van der Waals surface area (Å²) in [5, 5.41) is 9.97. The summed E-state index contributed by atoms with van der Waals surface area (Å²) in [6, 6.07) is -3.42. The molecule has 34 heavy (non-hydrogen) atoms. The minimum Gasteiger partial charge on any atom is -0.368 e. The molecule has 0 spiro atoms. The van der Waals surface area contributed by atoms with Gasteiger partial charge in [0.2, 0.25) is 35.4 Å². The molecule has 0 aromatic carbocycles. The molecule has 1 heterocycles. The van der Waals surface area contributed by atoms with E-state index in [4.69, 9.17) is 11.5 Å². The van der Waals surface area contributed by atoms with E-state index in [1.165, 1.54) is 25.7 Å². The maximum atomic E-state index is 12.7. The molecule has 1 saturated heterocycles. The fraction of sp³-hybridized carbons (Fsp3) is 0.714. The zero-order valence-corrected chi connectivity index (χ0v) is 20.0. The third kappa shape index (κ3) is 9.33. The Bertz CT molecular complexity index is 775. The highest BCUT2D eigenvalue weighted by Crippen LogP contribution is 2.17. The smallest absolute Gasteiger partial charge is 0.243 e. The number of hydrogen-bond acceptors (Lipinski definition) is 7. The van der Waals surface area contributed by atoms with Gasteiger partial charge in [0, 0.05) is 13.5 Å². The Kier molecular flexibility index (Phi) is 12.0. The number of unbranched alkanes of at least 4 members (excludes halogenated alkanes) is 1. The maximum Gasteiger partial charge on any atom is 0.243 e. The van der Waals surface area contributed by atoms with Crippen molar-refractivity contribution >= 4 is 35.4 Å².